The lowest BCUT2D eigenvalue weighted by atomic mass is 10.2. The highest BCUT2D eigenvalue weighted by atomic mass is 35.5. The lowest BCUT2D eigenvalue weighted by molar-refractivity contribution is -0.153. The number of nitrogens with one attached hydrogen (secondary N) is 1. The fourth-order valence-corrected chi connectivity index (χ4v) is 2.90. The number of rotatable bonds is 6. The summed E-state index contributed by atoms with van der Waals surface area (Å²) in [7, 11) is 0. The molecule has 3 rings (SSSR count). The number of carbonyl (C=O) groups is 1. The summed E-state index contributed by atoms with van der Waals surface area (Å²) in [6.45, 7) is -1.53. The summed E-state index contributed by atoms with van der Waals surface area (Å²) in [5.41, 5.74) is 0.729. The van der Waals surface area contributed by atoms with Crippen molar-refractivity contribution in [3.05, 3.63) is 57.0 Å². The smallest absolute Gasteiger partial charge is 0.422 e. The zero-order valence-corrected chi connectivity index (χ0v) is 16.1. The molecule has 0 aliphatic heterocycles. The summed E-state index contributed by atoms with van der Waals surface area (Å²) < 4.78 is 48.2. The van der Waals surface area contributed by atoms with Gasteiger partial charge < -0.3 is 14.5 Å². The van der Waals surface area contributed by atoms with Crippen LogP contribution in [0.2, 0.25) is 10.0 Å². The van der Waals surface area contributed by atoms with Gasteiger partial charge in [0.2, 0.25) is 5.91 Å². The second-order valence-corrected chi connectivity index (χ2v) is 6.85. The van der Waals surface area contributed by atoms with E-state index in [1.165, 1.54) is 28.8 Å². The van der Waals surface area contributed by atoms with Crippen LogP contribution in [-0.2, 0) is 11.3 Å². The van der Waals surface area contributed by atoms with Crippen LogP contribution in [-0.4, -0.2) is 23.3 Å². The Balaban J connectivity index is 1.71. The first-order valence-corrected chi connectivity index (χ1v) is 8.96. The zero-order chi connectivity index (χ0) is 21.2. The summed E-state index contributed by atoms with van der Waals surface area (Å²) in [4.78, 5) is 24.3. The Bertz CT molecular complexity index is 1110. The fraction of sp³-hybridized carbons (Fsp3) is 0.222. The standard InChI is InChI=1S/C18H13Cl2F3N2O4/c19-10-2-4-14(28-9-18(21,22)23)12(7-10)24-16(26)5-6-25-13-3-1-11(20)8-15(13)29-17(25)27/h1-4,7-8H,5-6,9H2,(H,24,26). The molecule has 0 saturated heterocycles. The number of aryl methyl sites for hydroxylation is 1. The number of alkyl halides is 3. The molecule has 0 radical (unpaired) electrons. The van der Waals surface area contributed by atoms with Gasteiger partial charge in [-0.1, -0.05) is 23.2 Å². The second kappa shape index (κ2) is 8.38. The van der Waals surface area contributed by atoms with Gasteiger partial charge in [-0.2, -0.15) is 13.2 Å². The number of hydrogen-bond donors (Lipinski definition) is 1. The third-order valence-corrected chi connectivity index (χ3v) is 4.27. The first-order chi connectivity index (χ1) is 13.6. The highest BCUT2D eigenvalue weighted by molar-refractivity contribution is 6.31. The molecule has 29 heavy (non-hydrogen) atoms. The zero-order valence-electron chi connectivity index (χ0n) is 14.6. The van der Waals surface area contributed by atoms with E-state index in [2.05, 4.69) is 5.32 Å². The van der Waals surface area contributed by atoms with Crippen LogP contribution >= 0.6 is 23.2 Å². The number of aromatic nitrogens is 1. The van der Waals surface area contributed by atoms with Crippen LogP contribution in [0.1, 0.15) is 6.42 Å². The first-order valence-electron chi connectivity index (χ1n) is 8.20. The van der Waals surface area contributed by atoms with Crippen molar-refractivity contribution < 1.29 is 27.1 Å². The van der Waals surface area contributed by atoms with Gasteiger partial charge in [0.1, 0.15) is 5.75 Å². The van der Waals surface area contributed by atoms with Crippen LogP contribution in [0.5, 0.6) is 5.75 Å². The number of oxazole rings is 1. The van der Waals surface area contributed by atoms with Crippen LogP contribution < -0.4 is 15.8 Å². The fourth-order valence-electron chi connectivity index (χ4n) is 2.56. The summed E-state index contributed by atoms with van der Waals surface area (Å²) in [5.74, 6) is -1.40. The highest BCUT2D eigenvalue weighted by Gasteiger charge is 2.29. The molecule has 11 heteroatoms. The van der Waals surface area contributed by atoms with Gasteiger partial charge in [-0.05, 0) is 30.3 Å². The molecule has 3 aromatic rings. The normalized spacial score (nSPS) is 11.6. The third kappa shape index (κ3) is 5.45. The third-order valence-electron chi connectivity index (χ3n) is 3.80. The molecule has 6 nitrogen and oxygen atoms in total. The number of amides is 1. The van der Waals surface area contributed by atoms with E-state index in [9.17, 15) is 22.8 Å². The lowest BCUT2D eigenvalue weighted by Crippen LogP contribution is -2.21. The lowest BCUT2D eigenvalue weighted by Gasteiger charge is -2.14. The molecular formula is C18H13Cl2F3N2O4. The molecule has 1 amide bonds. The molecule has 0 fully saturated rings. The number of benzene rings is 2. The van der Waals surface area contributed by atoms with Gasteiger partial charge in [-0.25, -0.2) is 4.79 Å². The van der Waals surface area contributed by atoms with E-state index in [1.807, 2.05) is 0 Å². The van der Waals surface area contributed by atoms with E-state index in [0.29, 0.717) is 10.5 Å². The minimum atomic E-state index is -4.53. The Labute approximate surface area is 171 Å². The summed E-state index contributed by atoms with van der Waals surface area (Å²) in [6, 6.07) is 8.47. The van der Waals surface area contributed by atoms with Crippen molar-refractivity contribution >= 4 is 45.9 Å². The Morgan fingerprint density at radius 1 is 1.14 bits per heavy atom. The number of carbonyl (C=O) groups excluding carboxylic acids is 1. The molecule has 154 valence electrons. The van der Waals surface area contributed by atoms with Crippen molar-refractivity contribution in [3.63, 3.8) is 0 Å². The molecule has 0 aliphatic carbocycles. The number of halogens is 5. The average Bonchev–Trinajstić information content (AvgIpc) is 2.92. The molecule has 0 aliphatic rings. The van der Waals surface area contributed by atoms with Crippen molar-refractivity contribution in [2.24, 2.45) is 0 Å². The van der Waals surface area contributed by atoms with Crippen molar-refractivity contribution in [1.29, 1.82) is 0 Å². The van der Waals surface area contributed by atoms with Crippen LogP contribution in [0.3, 0.4) is 0 Å². The first kappa shape index (κ1) is 21.1. The van der Waals surface area contributed by atoms with Gasteiger partial charge in [-0.15, -0.1) is 0 Å². The van der Waals surface area contributed by atoms with E-state index < -0.39 is 24.4 Å². The molecule has 1 aromatic heterocycles. The minimum absolute atomic E-state index is 0.0112. The maximum atomic E-state index is 12.4. The molecular weight excluding hydrogens is 436 g/mol. The average molecular weight is 449 g/mol. The number of fused-ring (bicyclic) bond motifs is 1. The van der Waals surface area contributed by atoms with Gasteiger partial charge in [0.25, 0.3) is 0 Å². The molecule has 1 N–H and O–H groups in total. The number of anilines is 1. The Morgan fingerprint density at radius 2 is 1.83 bits per heavy atom. The maximum Gasteiger partial charge on any atom is 0.422 e. The predicted molar refractivity (Wildman–Crippen MR) is 102 cm³/mol. The monoisotopic (exact) mass is 448 g/mol. The summed E-state index contributed by atoms with van der Waals surface area (Å²) in [6.07, 6.45) is -4.68. The van der Waals surface area contributed by atoms with Crippen molar-refractivity contribution in [1.82, 2.24) is 4.57 Å². The van der Waals surface area contributed by atoms with Gasteiger partial charge in [-0.3, -0.25) is 9.36 Å². The second-order valence-electron chi connectivity index (χ2n) is 5.97. The number of nitrogens with zero attached hydrogens (tertiary/aromatic N) is 1. The summed E-state index contributed by atoms with van der Waals surface area (Å²) >= 11 is 11.7. The number of ether oxygens (including phenoxy) is 1. The molecule has 2 aromatic carbocycles. The quantitative estimate of drug-likeness (QED) is 0.583. The van der Waals surface area contributed by atoms with E-state index in [1.54, 1.807) is 12.1 Å². The highest BCUT2D eigenvalue weighted by Crippen LogP contribution is 2.30. The SMILES string of the molecule is O=C(CCn1c(=O)oc2cc(Cl)ccc21)Nc1cc(Cl)ccc1OCC(F)(F)F. The van der Waals surface area contributed by atoms with Gasteiger partial charge in [0.05, 0.1) is 11.2 Å². The molecule has 1 heterocycles. The van der Waals surface area contributed by atoms with Gasteiger partial charge in [0, 0.05) is 29.1 Å². The largest absolute Gasteiger partial charge is 0.482 e. The van der Waals surface area contributed by atoms with Crippen molar-refractivity contribution in [2.75, 3.05) is 11.9 Å². The Kier molecular flexibility index (Phi) is 6.09. The van der Waals surface area contributed by atoms with Crippen molar-refractivity contribution in [3.8, 4) is 5.75 Å². The van der Waals surface area contributed by atoms with Crippen molar-refractivity contribution in [2.45, 2.75) is 19.1 Å². The van der Waals surface area contributed by atoms with Gasteiger partial charge in [0.15, 0.2) is 12.2 Å². The van der Waals surface area contributed by atoms with E-state index in [0.717, 1.165) is 0 Å². The molecule has 0 unspecified atom stereocenters. The molecule has 0 bridgehead atoms. The van der Waals surface area contributed by atoms with Crippen LogP contribution in [0.15, 0.2) is 45.6 Å². The summed E-state index contributed by atoms with van der Waals surface area (Å²) in [5, 5.41) is 3.04. The minimum Gasteiger partial charge on any atom is -0.482 e. The molecule has 0 atom stereocenters. The van der Waals surface area contributed by atoms with E-state index in [-0.39, 0.29) is 35.0 Å². The van der Waals surface area contributed by atoms with Crippen LogP contribution in [0.4, 0.5) is 18.9 Å². The van der Waals surface area contributed by atoms with E-state index >= 15 is 0 Å². The van der Waals surface area contributed by atoms with E-state index in [4.69, 9.17) is 32.4 Å². The Morgan fingerprint density at radius 3 is 2.55 bits per heavy atom. The predicted octanol–water partition coefficient (Wildman–Crippen LogP) is 4.87. The maximum absolute atomic E-state index is 12.4. The van der Waals surface area contributed by atoms with Gasteiger partial charge >= 0.3 is 11.9 Å². The van der Waals surface area contributed by atoms with Crippen LogP contribution in [0, 0.1) is 0 Å². The number of hydrogen-bond acceptors (Lipinski definition) is 4. The molecule has 0 saturated carbocycles. The topological polar surface area (TPSA) is 73.5 Å². The molecule has 0 spiro atoms. The Hall–Kier alpha value is -2.65. The van der Waals surface area contributed by atoms with Crippen LogP contribution in [0.25, 0.3) is 11.1 Å².